The van der Waals surface area contributed by atoms with Crippen LogP contribution in [-0.2, 0) is 16.6 Å². The molecule has 0 spiro atoms. The molecule has 0 aliphatic rings. The van der Waals surface area contributed by atoms with Crippen LogP contribution < -0.4 is 0 Å². The van der Waals surface area contributed by atoms with Gasteiger partial charge in [0.1, 0.15) is 9.57 Å². The van der Waals surface area contributed by atoms with E-state index in [1.165, 1.54) is 9.77 Å². The van der Waals surface area contributed by atoms with Crippen LogP contribution in [-0.4, -0.2) is 5.11 Å². The number of hydrogen-bond donors (Lipinski definition) is 1. The highest BCUT2D eigenvalue weighted by Gasteiger charge is 2.27. The lowest BCUT2D eigenvalue weighted by molar-refractivity contribution is 0.423. The molecule has 154 valence electrons. The van der Waals surface area contributed by atoms with Crippen molar-refractivity contribution >= 4 is 44.7 Å². The molecule has 0 amide bonds. The predicted molar refractivity (Wildman–Crippen MR) is 134 cm³/mol. The summed E-state index contributed by atoms with van der Waals surface area (Å²) in [5.41, 5.74) is 5.22. The van der Waals surface area contributed by atoms with Crippen molar-refractivity contribution in [3.63, 3.8) is 0 Å². The summed E-state index contributed by atoms with van der Waals surface area (Å²) in [6, 6.07) is 14.8. The highest BCUT2D eigenvalue weighted by atomic mass is 32.9. The number of thioether (sulfide) groups is 1. The smallest absolute Gasteiger partial charge is 0.123 e. The third-order valence-corrected chi connectivity index (χ3v) is 9.51. The van der Waals surface area contributed by atoms with E-state index in [2.05, 4.69) is 77.9 Å². The van der Waals surface area contributed by atoms with E-state index in [9.17, 15) is 5.11 Å². The van der Waals surface area contributed by atoms with Gasteiger partial charge in [0.15, 0.2) is 0 Å². The molecule has 3 rings (SSSR count). The fraction of sp³-hybridized carbons (Fsp3) is 0.375. The summed E-state index contributed by atoms with van der Waals surface area (Å²) in [5.74, 6) is 1.34. The minimum atomic E-state index is -0.154. The Bertz CT molecular complexity index is 1010. The number of phenolic OH excluding ortho intramolecular Hbond substituents is 1. The Labute approximate surface area is 191 Å². The summed E-state index contributed by atoms with van der Waals surface area (Å²) in [6.45, 7) is 12.9. The van der Waals surface area contributed by atoms with Crippen LogP contribution in [0.3, 0.4) is 0 Å². The van der Waals surface area contributed by atoms with Gasteiger partial charge in [-0.05, 0) is 34.1 Å². The molecule has 0 radical (unpaired) electrons. The number of phenols is 1. The summed E-state index contributed by atoms with van der Waals surface area (Å²) >= 11 is 7.59. The fourth-order valence-corrected chi connectivity index (χ4v) is 7.68. The van der Waals surface area contributed by atoms with E-state index in [0.717, 1.165) is 31.8 Å². The first-order valence-electron chi connectivity index (χ1n) is 9.66. The molecule has 1 N–H and O–H groups in total. The topological polar surface area (TPSA) is 20.2 Å². The highest BCUT2D eigenvalue weighted by molar-refractivity contribution is 8.02. The van der Waals surface area contributed by atoms with Gasteiger partial charge in [-0.1, -0.05) is 105 Å². The monoisotopic (exact) mass is 460 g/mol. The predicted octanol–water partition coefficient (Wildman–Crippen LogP) is 8.80. The molecular formula is C24H28OS4. The molecule has 5 heteroatoms. The minimum absolute atomic E-state index is 0.154. The molecule has 3 aromatic rings. The third-order valence-electron chi connectivity index (χ3n) is 4.83. The maximum Gasteiger partial charge on any atom is 0.123 e. The average Bonchev–Trinajstić information content (AvgIpc) is 3.00. The van der Waals surface area contributed by atoms with Crippen LogP contribution in [0.15, 0.2) is 46.7 Å². The Morgan fingerprint density at radius 2 is 1.45 bits per heavy atom. The molecule has 0 saturated heterocycles. The van der Waals surface area contributed by atoms with Crippen molar-refractivity contribution in [2.75, 3.05) is 0 Å². The lowest BCUT2D eigenvalue weighted by Gasteiger charge is -2.28. The maximum absolute atomic E-state index is 11.0. The second-order valence-electron chi connectivity index (χ2n) is 9.31. The lowest BCUT2D eigenvalue weighted by atomic mass is 9.78. The quantitative estimate of drug-likeness (QED) is 0.239. The lowest BCUT2D eigenvalue weighted by Crippen LogP contribution is -2.17. The van der Waals surface area contributed by atoms with Crippen molar-refractivity contribution in [3.05, 3.63) is 63.0 Å². The number of aromatic hydroxyl groups is 1. The fourth-order valence-electron chi connectivity index (χ4n) is 3.22. The zero-order valence-electron chi connectivity index (χ0n) is 17.8. The first-order valence-corrected chi connectivity index (χ1v) is 13.2. The molecule has 0 unspecified atom stereocenters. The van der Waals surface area contributed by atoms with E-state index in [-0.39, 0.29) is 10.8 Å². The van der Waals surface area contributed by atoms with Crippen LogP contribution in [0, 0.1) is 3.82 Å². The van der Waals surface area contributed by atoms with E-state index in [4.69, 9.17) is 12.2 Å². The molecule has 29 heavy (non-hydrogen) atoms. The molecule has 0 fully saturated rings. The van der Waals surface area contributed by atoms with Crippen molar-refractivity contribution < 1.29 is 5.11 Å². The van der Waals surface area contributed by atoms with Gasteiger partial charge in [-0.25, -0.2) is 0 Å². The Morgan fingerprint density at radius 1 is 0.897 bits per heavy atom. The van der Waals surface area contributed by atoms with E-state index < -0.39 is 0 Å². The van der Waals surface area contributed by atoms with Gasteiger partial charge in [-0.3, -0.25) is 0 Å². The summed E-state index contributed by atoms with van der Waals surface area (Å²) in [6.07, 6.45) is 0. The molecule has 0 bridgehead atoms. The van der Waals surface area contributed by atoms with E-state index in [0.29, 0.717) is 5.75 Å². The number of rotatable bonds is 4. The largest absolute Gasteiger partial charge is 0.507 e. The van der Waals surface area contributed by atoms with Gasteiger partial charge in [0.05, 0.1) is 4.21 Å². The van der Waals surface area contributed by atoms with Gasteiger partial charge in [-0.2, -0.15) is 0 Å². The summed E-state index contributed by atoms with van der Waals surface area (Å²) in [5, 5.41) is 11.0. The zero-order chi connectivity index (χ0) is 21.4. The van der Waals surface area contributed by atoms with E-state index >= 15 is 0 Å². The van der Waals surface area contributed by atoms with Gasteiger partial charge in [0.2, 0.25) is 0 Å². The molecule has 1 nitrogen and oxygen atoms in total. The van der Waals surface area contributed by atoms with Gasteiger partial charge in [0, 0.05) is 22.4 Å². The van der Waals surface area contributed by atoms with Crippen molar-refractivity contribution in [3.8, 4) is 16.9 Å². The molecule has 1 aromatic heterocycles. The van der Waals surface area contributed by atoms with E-state index in [1.54, 1.807) is 20.7 Å². The molecule has 0 aliphatic carbocycles. The number of hydrogen-bond acceptors (Lipinski definition) is 5. The third kappa shape index (κ3) is 5.13. The SMILES string of the molecule is CC(C)(C)c1cc(-c2c(SCc3ccccc3)ssc2=S)cc(C(C)(C)C)c1O. The Balaban J connectivity index is 2.11. The van der Waals surface area contributed by atoms with Gasteiger partial charge < -0.3 is 5.11 Å². The average molecular weight is 461 g/mol. The van der Waals surface area contributed by atoms with Crippen molar-refractivity contribution in [1.29, 1.82) is 0 Å². The van der Waals surface area contributed by atoms with Crippen LogP contribution in [0.1, 0.15) is 58.2 Å². The van der Waals surface area contributed by atoms with Crippen molar-refractivity contribution in [2.45, 2.75) is 62.3 Å². The van der Waals surface area contributed by atoms with Gasteiger partial charge >= 0.3 is 0 Å². The van der Waals surface area contributed by atoms with Gasteiger partial charge in [0.25, 0.3) is 0 Å². The van der Waals surface area contributed by atoms with E-state index in [1.807, 2.05) is 17.8 Å². The molecule has 0 aliphatic heterocycles. The van der Waals surface area contributed by atoms with Crippen LogP contribution in [0.25, 0.3) is 11.1 Å². The number of benzene rings is 2. The maximum atomic E-state index is 11.0. The van der Waals surface area contributed by atoms with Crippen LogP contribution >= 0.6 is 44.7 Å². The zero-order valence-corrected chi connectivity index (χ0v) is 21.1. The summed E-state index contributed by atoms with van der Waals surface area (Å²) in [7, 11) is 3.42. The highest BCUT2D eigenvalue weighted by Crippen LogP contribution is 2.46. The Morgan fingerprint density at radius 3 is 1.97 bits per heavy atom. The second-order valence-corrected chi connectivity index (χ2v) is 13.4. The molecule has 0 atom stereocenters. The Kier molecular flexibility index (Phi) is 6.64. The summed E-state index contributed by atoms with van der Waals surface area (Å²) < 4.78 is 2.19. The first-order chi connectivity index (χ1) is 13.5. The normalized spacial score (nSPS) is 12.3. The summed E-state index contributed by atoms with van der Waals surface area (Å²) in [4.78, 5) is 0. The second kappa shape index (κ2) is 8.54. The minimum Gasteiger partial charge on any atom is -0.507 e. The van der Waals surface area contributed by atoms with Crippen LogP contribution in [0.5, 0.6) is 5.75 Å². The molecular weight excluding hydrogens is 433 g/mol. The van der Waals surface area contributed by atoms with Crippen LogP contribution in [0.2, 0.25) is 0 Å². The van der Waals surface area contributed by atoms with Crippen LogP contribution in [0.4, 0.5) is 0 Å². The van der Waals surface area contributed by atoms with Crippen molar-refractivity contribution in [2.24, 2.45) is 0 Å². The van der Waals surface area contributed by atoms with Crippen molar-refractivity contribution in [1.82, 2.24) is 0 Å². The molecule has 0 saturated carbocycles. The standard InChI is InChI=1S/C24H28OS4/c1-23(2,3)17-12-16(13-18(20(17)25)24(4,5)6)19-21(26)28-29-22(19)27-14-15-10-8-7-9-11-15/h7-13,25H,14H2,1-6H3. The Hall–Kier alpha value is -1.14. The first kappa shape index (κ1) is 22.5. The molecule has 2 aromatic carbocycles. The molecule has 1 heterocycles. The van der Waals surface area contributed by atoms with Gasteiger partial charge in [-0.15, -0.1) is 11.8 Å².